The van der Waals surface area contributed by atoms with Crippen molar-refractivity contribution in [2.24, 2.45) is 0 Å². The average molecular weight is 301 g/mol. The highest BCUT2D eigenvalue weighted by atomic mass is 16.6. The number of carbonyl (C=O) groups is 3. The Morgan fingerprint density at radius 1 is 1.33 bits per heavy atom. The van der Waals surface area contributed by atoms with E-state index >= 15 is 0 Å². The second-order valence-electron chi connectivity index (χ2n) is 6.05. The fraction of sp³-hybridized carbons (Fsp3) is 0.786. The van der Waals surface area contributed by atoms with Crippen LogP contribution in [0.5, 0.6) is 0 Å². The first kappa shape index (κ1) is 17.3. The van der Waals surface area contributed by atoms with Crippen LogP contribution < -0.4 is 0 Å². The molecule has 0 aliphatic carbocycles. The summed E-state index contributed by atoms with van der Waals surface area (Å²) in [6, 6.07) is -0.635. The third-order valence-electron chi connectivity index (χ3n) is 2.99. The van der Waals surface area contributed by atoms with Crippen LogP contribution in [0.2, 0.25) is 0 Å². The molecular formula is C14H23NO6. The van der Waals surface area contributed by atoms with Crippen molar-refractivity contribution in [3.63, 3.8) is 0 Å². The van der Waals surface area contributed by atoms with E-state index < -0.39 is 29.7 Å². The minimum Gasteiger partial charge on any atom is -0.481 e. The molecule has 0 bridgehead atoms. The number of hydrogen-bond acceptors (Lipinski definition) is 5. The van der Waals surface area contributed by atoms with Gasteiger partial charge in [-0.25, -0.2) is 9.59 Å². The molecule has 7 nitrogen and oxygen atoms in total. The van der Waals surface area contributed by atoms with Gasteiger partial charge in [0.2, 0.25) is 0 Å². The smallest absolute Gasteiger partial charge is 0.413 e. The van der Waals surface area contributed by atoms with E-state index in [0.29, 0.717) is 25.7 Å². The van der Waals surface area contributed by atoms with Crippen molar-refractivity contribution in [3.8, 4) is 0 Å². The molecule has 120 valence electrons. The number of amides is 1. The monoisotopic (exact) mass is 301 g/mol. The molecule has 1 heterocycles. The molecule has 0 aromatic rings. The van der Waals surface area contributed by atoms with Crippen LogP contribution in [0, 0.1) is 0 Å². The van der Waals surface area contributed by atoms with Gasteiger partial charge in [0.15, 0.2) is 6.73 Å². The Morgan fingerprint density at radius 3 is 2.57 bits per heavy atom. The highest BCUT2D eigenvalue weighted by Crippen LogP contribution is 2.21. The first-order valence-electron chi connectivity index (χ1n) is 7.09. The molecule has 0 saturated carbocycles. The molecule has 7 heteroatoms. The van der Waals surface area contributed by atoms with E-state index in [9.17, 15) is 14.4 Å². The minimum absolute atomic E-state index is 0.0897. The lowest BCUT2D eigenvalue weighted by Crippen LogP contribution is -2.41. The Morgan fingerprint density at radius 2 is 2.00 bits per heavy atom. The zero-order valence-corrected chi connectivity index (χ0v) is 12.8. The maximum Gasteiger partial charge on any atom is 0.413 e. The Kier molecular flexibility index (Phi) is 5.99. The van der Waals surface area contributed by atoms with Gasteiger partial charge in [-0.15, -0.1) is 0 Å². The summed E-state index contributed by atoms with van der Waals surface area (Å²) in [5, 5.41) is 8.55. The van der Waals surface area contributed by atoms with Crippen molar-refractivity contribution in [2.75, 3.05) is 6.73 Å². The van der Waals surface area contributed by atoms with E-state index in [1.807, 2.05) is 0 Å². The van der Waals surface area contributed by atoms with Gasteiger partial charge < -0.3 is 14.6 Å². The zero-order valence-electron chi connectivity index (χ0n) is 12.8. The molecule has 1 rings (SSSR count). The predicted molar refractivity (Wildman–Crippen MR) is 73.5 cm³/mol. The molecule has 0 unspecified atom stereocenters. The topological polar surface area (TPSA) is 93.1 Å². The number of nitrogens with zero attached hydrogens (tertiary/aromatic N) is 1. The number of ether oxygens (including phenoxy) is 2. The van der Waals surface area contributed by atoms with Crippen molar-refractivity contribution in [2.45, 2.75) is 64.5 Å². The van der Waals surface area contributed by atoms with Gasteiger partial charge in [0.1, 0.15) is 11.6 Å². The molecule has 0 aromatic heterocycles. The van der Waals surface area contributed by atoms with Gasteiger partial charge in [0.25, 0.3) is 0 Å². The number of carbonyl (C=O) groups excluding carboxylic acids is 2. The van der Waals surface area contributed by atoms with Gasteiger partial charge >= 0.3 is 18.0 Å². The number of unbranched alkanes of at least 4 members (excludes halogenated alkanes) is 2. The summed E-state index contributed by atoms with van der Waals surface area (Å²) in [5.41, 5.74) is -0.630. The average Bonchev–Trinajstić information content (AvgIpc) is 2.68. The van der Waals surface area contributed by atoms with E-state index in [2.05, 4.69) is 0 Å². The summed E-state index contributed by atoms with van der Waals surface area (Å²) in [7, 11) is 0. The van der Waals surface area contributed by atoms with Crippen LogP contribution in [0.25, 0.3) is 0 Å². The Labute approximate surface area is 124 Å². The van der Waals surface area contributed by atoms with E-state index in [1.165, 1.54) is 4.90 Å². The molecular weight excluding hydrogens is 278 g/mol. The number of cyclic esters (lactones) is 1. The number of esters is 1. The van der Waals surface area contributed by atoms with Crippen LogP contribution >= 0.6 is 0 Å². The summed E-state index contributed by atoms with van der Waals surface area (Å²) in [4.78, 5) is 35.3. The lowest BCUT2D eigenvalue weighted by Gasteiger charge is -2.25. The van der Waals surface area contributed by atoms with Crippen molar-refractivity contribution >= 4 is 18.0 Å². The summed E-state index contributed by atoms with van der Waals surface area (Å²) >= 11 is 0. The standard InChI is InChI=1S/C14H23NO6/c1-14(2,3)21-13(19)15-9-20-12(18)10(15)7-5-4-6-8-11(16)17/h10H,4-9H2,1-3H3,(H,16,17)/t10-/m1/s1. The molecule has 1 saturated heterocycles. The molecule has 1 fully saturated rings. The van der Waals surface area contributed by atoms with Crippen molar-refractivity contribution < 1.29 is 29.0 Å². The first-order chi connectivity index (χ1) is 9.70. The Balaban J connectivity index is 2.44. The molecule has 0 spiro atoms. The van der Waals surface area contributed by atoms with Crippen molar-refractivity contribution in [1.29, 1.82) is 0 Å². The molecule has 21 heavy (non-hydrogen) atoms. The Hall–Kier alpha value is -1.79. The zero-order chi connectivity index (χ0) is 16.0. The molecule has 1 atom stereocenters. The summed E-state index contributed by atoms with van der Waals surface area (Å²) in [5.74, 6) is -1.26. The van der Waals surface area contributed by atoms with E-state index in [0.717, 1.165) is 0 Å². The quantitative estimate of drug-likeness (QED) is 0.597. The van der Waals surface area contributed by atoms with Gasteiger partial charge in [-0.1, -0.05) is 12.8 Å². The third-order valence-corrected chi connectivity index (χ3v) is 2.99. The number of hydrogen-bond donors (Lipinski definition) is 1. The van der Waals surface area contributed by atoms with Crippen LogP contribution in [0.15, 0.2) is 0 Å². The van der Waals surface area contributed by atoms with Gasteiger partial charge in [-0.2, -0.15) is 0 Å². The summed E-state index contributed by atoms with van der Waals surface area (Å²) in [6.07, 6.45) is 1.92. The van der Waals surface area contributed by atoms with Crippen LogP contribution in [0.4, 0.5) is 4.79 Å². The largest absolute Gasteiger partial charge is 0.481 e. The van der Waals surface area contributed by atoms with Crippen molar-refractivity contribution in [3.05, 3.63) is 0 Å². The van der Waals surface area contributed by atoms with Crippen molar-refractivity contribution in [1.82, 2.24) is 4.90 Å². The maximum absolute atomic E-state index is 12.0. The van der Waals surface area contributed by atoms with Crippen LogP contribution in [0.1, 0.15) is 52.9 Å². The number of carboxylic acids is 1. The SMILES string of the molecule is CC(C)(C)OC(=O)N1COC(=O)[C@H]1CCCCCC(=O)O. The molecule has 1 aliphatic rings. The molecule has 1 amide bonds. The summed E-state index contributed by atoms with van der Waals surface area (Å²) < 4.78 is 10.1. The second kappa shape index (κ2) is 7.28. The van der Waals surface area contributed by atoms with Crippen LogP contribution in [-0.4, -0.2) is 46.4 Å². The number of aliphatic carboxylic acids is 1. The molecule has 0 radical (unpaired) electrons. The second-order valence-corrected chi connectivity index (χ2v) is 6.05. The molecule has 0 aromatic carbocycles. The maximum atomic E-state index is 12.0. The van der Waals surface area contributed by atoms with Gasteiger partial charge in [-0.3, -0.25) is 9.69 Å². The lowest BCUT2D eigenvalue weighted by molar-refractivity contribution is -0.139. The minimum atomic E-state index is -0.828. The molecule has 1 aliphatic heterocycles. The van der Waals surface area contributed by atoms with E-state index in [1.54, 1.807) is 20.8 Å². The predicted octanol–water partition coefficient (Wildman–Crippen LogP) is 2.14. The molecule has 1 N–H and O–H groups in total. The third kappa shape index (κ3) is 6.01. The number of carboxylic acid groups (broad SMARTS) is 1. The van der Waals surface area contributed by atoms with Gasteiger partial charge in [-0.05, 0) is 33.6 Å². The van der Waals surface area contributed by atoms with E-state index in [-0.39, 0.29) is 13.2 Å². The van der Waals surface area contributed by atoms with Crippen LogP contribution in [0.3, 0.4) is 0 Å². The van der Waals surface area contributed by atoms with Gasteiger partial charge in [0, 0.05) is 6.42 Å². The van der Waals surface area contributed by atoms with Crippen LogP contribution in [-0.2, 0) is 19.1 Å². The van der Waals surface area contributed by atoms with Gasteiger partial charge in [0.05, 0.1) is 0 Å². The fourth-order valence-electron chi connectivity index (χ4n) is 2.01. The fourth-order valence-corrected chi connectivity index (χ4v) is 2.01. The van der Waals surface area contributed by atoms with E-state index in [4.69, 9.17) is 14.6 Å². The first-order valence-corrected chi connectivity index (χ1v) is 7.09. The summed E-state index contributed by atoms with van der Waals surface area (Å²) in [6.45, 7) is 5.17. The number of rotatable bonds is 6. The lowest BCUT2D eigenvalue weighted by atomic mass is 10.1. The Bertz CT molecular complexity index is 401. The normalized spacial score (nSPS) is 18.5. The highest BCUT2D eigenvalue weighted by molar-refractivity contribution is 5.83. The highest BCUT2D eigenvalue weighted by Gasteiger charge is 2.39.